The van der Waals surface area contributed by atoms with Gasteiger partial charge in [-0.25, -0.2) is 0 Å². The third-order valence-electron chi connectivity index (χ3n) is 3.07. The third-order valence-corrected chi connectivity index (χ3v) is 4.10. The molecule has 1 aromatic rings. The summed E-state index contributed by atoms with van der Waals surface area (Å²) in [6.45, 7) is 0.934. The Labute approximate surface area is 121 Å². The number of nitrogens with one attached hydrogen (secondary N) is 1. The number of alkyl halides is 3. The minimum absolute atomic E-state index is 0.268. The normalized spacial score (nSPS) is 15.6. The van der Waals surface area contributed by atoms with Gasteiger partial charge in [0.15, 0.2) is 0 Å². The van der Waals surface area contributed by atoms with Crippen molar-refractivity contribution in [3.8, 4) is 0 Å². The Balaban J connectivity index is 2.09. The molecule has 0 bridgehead atoms. The van der Waals surface area contributed by atoms with Crippen LogP contribution in [-0.2, 0) is 17.5 Å². The van der Waals surface area contributed by atoms with Crippen LogP contribution in [-0.4, -0.2) is 25.5 Å². The highest BCUT2D eigenvalue weighted by Gasteiger charge is 2.33. The van der Waals surface area contributed by atoms with Gasteiger partial charge in [0.05, 0.1) is 12.2 Å². The van der Waals surface area contributed by atoms with E-state index in [2.05, 4.69) is 5.32 Å². The summed E-state index contributed by atoms with van der Waals surface area (Å²) in [4.78, 5) is 0.268. The largest absolute Gasteiger partial charge is 0.417 e. The Kier molecular flexibility index (Phi) is 5.35. The molecule has 1 aliphatic carbocycles. The zero-order valence-electron chi connectivity index (χ0n) is 11.3. The number of methoxy groups -OCH3 is 1. The Morgan fingerprint density at radius 1 is 1.35 bits per heavy atom. The van der Waals surface area contributed by atoms with Gasteiger partial charge in [-0.15, -0.1) is 11.8 Å². The van der Waals surface area contributed by atoms with Crippen molar-refractivity contribution in [2.24, 2.45) is 0 Å². The summed E-state index contributed by atoms with van der Waals surface area (Å²) >= 11 is 1.18. The molecule has 0 aromatic heterocycles. The average Bonchev–Trinajstić information content (AvgIpc) is 3.20. The maximum Gasteiger partial charge on any atom is 0.417 e. The summed E-state index contributed by atoms with van der Waals surface area (Å²) in [5.74, 6) is 0.513. The first-order valence-corrected chi connectivity index (χ1v) is 7.54. The Morgan fingerprint density at radius 2 is 2.10 bits per heavy atom. The highest BCUT2D eigenvalue weighted by atomic mass is 32.2. The van der Waals surface area contributed by atoms with E-state index in [9.17, 15) is 13.2 Å². The van der Waals surface area contributed by atoms with Crippen LogP contribution in [0.15, 0.2) is 23.1 Å². The number of ether oxygens (including phenoxy) is 1. The van der Waals surface area contributed by atoms with Crippen LogP contribution in [0.25, 0.3) is 0 Å². The lowest BCUT2D eigenvalue weighted by atomic mass is 10.1. The molecular weight excluding hydrogens is 287 g/mol. The summed E-state index contributed by atoms with van der Waals surface area (Å²) in [5.41, 5.74) is 0.133. The van der Waals surface area contributed by atoms with Gasteiger partial charge in [-0.2, -0.15) is 13.2 Å². The second kappa shape index (κ2) is 6.83. The van der Waals surface area contributed by atoms with Crippen LogP contribution >= 0.6 is 11.8 Å². The van der Waals surface area contributed by atoms with E-state index in [1.807, 2.05) is 0 Å². The first-order chi connectivity index (χ1) is 9.50. The summed E-state index contributed by atoms with van der Waals surface area (Å²) in [6.07, 6.45) is -2.07. The minimum Gasteiger partial charge on any atom is -0.384 e. The van der Waals surface area contributed by atoms with Crippen LogP contribution in [0.4, 0.5) is 13.2 Å². The van der Waals surface area contributed by atoms with Gasteiger partial charge in [-0.3, -0.25) is 0 Å². The molecule has 0 amide bonds. The minimum atomic E-state index is -4.31. The summed E-state index contributed by atoms with van der Waals surface area (Å²) < 4.78 is 44.1. The predicted octanol–water partition coefficient (Wildman–Crippen LogP) is 3.70. The SMILES string of the molecule is COCCSc1ccc(CNC2CC2)cc1C(F)(F)F. The number of benzene rings is 1. The molecule has 0 unspecified atom stereocenters. The van der Waals surface area contributed by atoms with E-state index < -0.39 is 11.7 Å². The molecule has 0 heterocycles. The highest BCUT2D eigenvalue weighted by molar-refractivity contribution is 7.99. The topological polar surface area (TPSA) is 21.3 Å². The molecule has 6 heteroatoms. The quantitative estimate of drug-likeness (QED) is 0.613. The monoisotopic (exact) mass is 305 g/mol. The molecule has 0 spiro atoms. The lowest BCUT2D eigenvalue weighted by molar-refractivity contribution is -0.139. The van der Waals surface area contributed by atoms with Gasteiger partial charge in [0.2, 0.25) is 0 Å². The lowest BCUT2D eigenvalue weighted by Crippen LogP contribution is -2.16. The van der Waals surface area contributed by atoms with Crippen LogP contribution in [0.2, 0.25) is 0 Å². The van der Waals surface area contributed by atoms with Gasteiger partial charge in [-0.05, 0) is 30.5 Å². The molecule has 1 aromatic carbocycles. The fraction of sp³-hybridized carbons (Fsp3) is 0.571. The van der Waals surface area contributed by atoms with Crippen molar-refractivity contribution in [2.75, 3.05) is 19.5 Å². The van der Waals surface area contributed by atoms with Gasteiger partial charge in [-0.1, -0.05) is 6.07 Å². The predicted molar refractivity (Wildman–Crippen MR) is 73.9 cm³/mol. The fourth-order valence-electron chi connectivity index (χ4n) is 1.82. The molecule has 0 aliphatic heterocycles. The first-order valence-electron chi connectivity index (χ1n) is 6.56. The van der Waals surface area contributed by atoms with E-state index in [1.54, 1.807) is 12.1 Å². The van der Waals surface area contributed by atoms with Crippen LogP contribution in [0.3, 0.4) is 0 Å². The number of thioether (sulfide) groups is 1. The maximum absolute atomic E-state index is 13.1. The van der Waals surface area contributed by atoms with E-state index in [0.717, 1.165) is 12.8 Å². The van der Waals surface area contributed by atoms with Gasteiger partial charge in [0.1, 0.15) is 0 Å². The molecule has 2 nitrogen and oxygen atoms in total. The van der Waals surface area contributed by atoms with Crippen molar-refractivity contribution in [2.45, 2.75) is 36.5 Å². The van der Waals surface area contributed by atoms with Gasteiger partial charge in [0, 0.05) is 30.3 Å². The molecule has 0 radical (unpaired) electrons. The molecule has 1 saturated carbocycles. The van der Waals surface area contributed by atoms with Crippen molar-refractivity contribution in [3.63, 3.8) is 0 Å². The Morgan fingerprint density at radius 3 is 2.70 bits per heavy atom. The van der Waals surface area contributed by atoms with Crippen LogP contribution < -0.4 is 5.32 Å². The van der Waals surface area contributed by atoms with Crippen LogP contribution in [0.5, 0.6) is 0 Å². The second-order valence-electron chi connectivity index (χ2n) is 4.82. The molecule has 1 aliphatic rings. The van der Waals surface area contributed by atoms with E-state index in [4.69, 9.17) is 4.74 Å². The molecule has 2 rings (SSSR count). The van der Waals surface area contributed by atoms with Crippen LogP contribution in [0, 0.1) is 0 Å². The number of halogens is 3. The zero-order valence-corrected chi connectivity index (χ0v) is 12.1. The fourth-order valence-corrected chi connectivity index (χ4v) is 2.78. The Bertz CT molecular complexity index is 447. The Hall–Kier alpha value is -0.720. The third kappa shape index (κ3) is 4.68. The first kappa shape index (κ1) is 15.7. The van der Waals surface area contributed by atoms with E-state index in [0.29, 0.717) is 30.5 Å². The average molecular weight is 305 g/mol. The summed E-state index contributed by atoms with van der Waals surface area (Å²) in [7, 11) is 1.54. The molecule has 0 atom stereocenters. The van der Waals surface area contributed by atoms with Gasteiger partial charge >= 0.3 is 6.18 Å². The summed E-state index contributed by atoms with van der Waals surface area (Å²) in [6, 6.07) is 5.07. The van der Waals surface area contributed by atoms with Crippen molar-refractivity contribution < 1.29 is 17.9 Å². The number of rotatable bonds is 7. The van der Waals surface area contributed by atoms with Crippen molar-refractivity contribution in [1.29, 1.82) is 0 Å². The molecular formula is C14H18F3NOS. The number of hydrogen-bond acceptors (Lipinski definition) is 3. The van der Waals surface area contributed by atoms with Crippen molar-refractivity contribution in [1.82, 2.24) is 5.32 Å². The number of hydrogen-bond donors (Lipinski definition) is 1. The van der Waals surface area contributed by atoms with Crippen molar-refractivity contribution >= 4 is 11.8 Å². The molecule has 0 saturated heterocycles. The van der Waals surface area contributed by atoms with Crippen LogP contribution in [0.1, 0.15) is 24.0 Å². The standard InChI is InChI=1S/C14H18F3NOS/c1-19-6-7-20-13-5-2-10(9-18-11-3-4-11)8-12(13)14(15,16)17/h2,5,8,11,18H,3-4,6-7,9H2,1H3. The van der Waals surface area contributed by atoms with E-state index in [1.165, 1.54) is 24.9 Å². The van der Waals surface area contributed by atoms with Crippen molar-refractivity contribution in [3.05, 3.63) is 29.3 Å². The smallest absolute Gasteiger partial charge is 0.384 e. The van der Waals surface area contributed by atoms with Gasteiger partial charge < -0.3 is 10.1 Å². The van der Waals surface area contributed by atoms with E-state index in [-0.39, 0.29) is 4.90 Å². The summed E-state index contributed by atoms with van der Waals surface area (Å²) in [5, 5.41) is 3.23. The molecule has 112 valence electrons. The van der Waals surface area contributed by atoms with Gasteiger partial charge in [0.25, 0.3) is 0 Å². The lowest BCUT2D eigenvalue weighted by Gasteiger charge is -2.14. The second-order valence-corrected chi connectivity index (χ2v) is 5.96. The maximum atomic E-state index is 13.1. The zero-order chi connectivity index (χ0) is 14.6. The highest BCUT2D eigenvalue weighted by Crippen LogP contribution is 2.37. The molecule has 20 heavy (non-hydrogen) atoms. The van der Waals surface area contributed by atoms with E-state index >= 15 is 0 Å². The molecule has 1 fully saturated rings. The molecule has 1 N–H and O–H groups in total.